The molecule has 5 heterocycles. The van der Waals surface area contributed by atoms with Gasteiger partial charge >= 0.3 is 0 Å². The number of rotatable bonds is 9. The Morgan fingerprint density at radius 2 is 1.72 bits per heavy atom. The van der Waals surface area contributed by atoms with Gasteiger partial charge in [-0.15, -0.1) is 0 Å². The van der Waals surface area contributed by atoms with Crippen LogP contribution in [0.15, 0.2) is 91.6 Å². The van der Waals surface area contributed by atoms with Gasteiger partial charge in [0.1, 0.15) is 11.5 Å². The Morgan fingerprint density at radius 3 is 2.55 bits per heavy atom. The van der Waals surface area contributed by atoms with Crippen molar-refractivity contribution in [1.82, 2.24) is 39.8 Å². The third kappa shape index (κ3) is 6.59. The second-order valence-electron chi connectivity index (χ2n) is 11.0. The summed E-state index contributed by atoms with van der Waals surface area (Å²) in [4.78, 5) is 33.9. The van der Waals surface area contributed by atoms with Crippen LogP contribution in [0, 0.1) is 5.82 Å². The van der Waals surface area contributed by atoms with Crippen LogP contribution in [0.5, 0.6) is 0 Å². The van der Waals surface area contributed by atoms with Crippen LogP contribution in [0.3, 0.4) is 0 Å². The lowest BCUT2D eigenvalue weighted by Crippen LogP contribution is -2.21. The van der Waals surface area contributed by atoms with Crippen molar-refractivity contribution in [2.24, 2.45) is 0 Å². The molecule has 0 radical (unpaired) electrons. The molecule has 7 aromatic rings. The number of carbonyl (C=O) groups is 1. The van der Waals surface area contributed by atoms with E-state index in [0.29, 0.717) is 61.7 Å². The molecule has 12 nitrogen and oxygen atoms in total. The number of carbonyl (C=O) groups excluding carboxylic acids is 1. The van der Waals surface area contributed by atoms with Gasteiger partial charge in [-0.25, -0.2) is 22.5 Å². The number of imidazole rings is 1. The minimum absolute atomic E-state index is 0.0626. The lowest BCUT2D eigenvalue weighted by molar-refractivity contribution is -0.115. The van der Waals surface area contributed by atoms with E-state index in [2.05, 4.69) is 40.2 Å². The van der Waals surface area contributed by atoms with E-state index in [1.54, 1.807) is 37.1 Å². The van der Waals surface area contributed by atoms with Crippen molar-refractivity contribution < 1.29 is 17.6 Å². The molecule has 0 fully saturated rings. The molecule has 0 spiro atoms. The molecule has 0 unspecified atom stereocenters. The van der Waals surface area contributed by atoms with Crippen LogP contribution >= 0.6 is 0 Å². The van der Waals surface area contributed by atoms with Gasteiger partial charge in [0.2, 0.25) is 15.9 Å². The summed E-state index contributed by atoms with van der Waals surface area (Å²) in [6.07, 6.45) is 9.39. The lowest BCUT2D eigenvalue weighted by Gasteiger charge is -2.07. The van der Waals surface area contributed by atoms with Crippen molar-refractivity contribution in [3.05, 3.63) is 109 Å². The number of fused-ring (bicyclic) bond motifs is 2. The molecule has 0 saturated carbocycles. The number of aromatic nitrogens is 7. The summed E-state index contributed by atoms with van der Waals surface area (Å²) in [5.41, 5.74) is 6.61. The highest BCUT2D eigenvalue weighted by atomic mass is 32.2. The zero-order chi connectivity index (χ0) is 32.5. The predicted octanol–water partition coefficient (Wildman–Crippen LogP) is 4.99. The Bertz CT molecular complexity index is 2390. The number of anilines is 1. The van der Waals surface area contributed by atoms with E-state index in [1.165, 1.54) is 12.1 Å². The summed E-state index contributed by atoms with van der Waals surface area (Å²) in [6.45, 7) is -0.0626. The van der Waals surface area contributed by atoms with Crippen molar-refractivity contribution in [2.45, 2.75) is 13.0 Å². The van der Waals surface area contributed by atoms with Crippen LogP contribution in [0.25, 0.3) is 55.8 Å². The summed E-state index contributed by atoms with van der Waals surface area (Å²) >= 11 is 0. The van der Waals surface area contributed by atoms with Crippen LogP contribution < -0.4 is 10.0 Å². The van der Waals surface area contributed by atoms with Crippen LogP contribution in [0.4, 0.5) is 10.1 Å². The number of hydrogen-bond acceptors (Lipinski definition) is 8. The summed E-state index contributed by atoms with van der Waals surface area (Å²) in [5.74, 6) is -0.226. The van der Waals surface area contributed by atoms with Gasteiger partial charge in [-0.3, -0.25) is 24.8 Å². The molecular formula is C33H26FN9O3S. The molecule has 0 aliphatic heterocycles. The summed E-state index contributed by atoms with van der Waals surface area (Å²) in [7, 11) is -3.46. The fourth-order valence-corrected chi connectivity index (χ4v) is 5.70. The fraction of sp³-hybridized carbons (Fsp3) is 0.0909. The van der Waals surface area contributed by atoms with Crippen molar-refractivity contribution in [2.75, 3.05) is 11.6 Å². The number of benzene rings is 2. The highest BCUT2D eigenvalue weighted by molar-refractivity contribution is 7.88. The average molecular weight is 648 g/mol. The molecule has 0 atom stereocenters. The second kappa shape index (κ2) is 12.2. The third-order valence-electron chi connectivity index (χ3n) is 7.40. The molecule has 0 aliphatic carbocycles. The summed E-state index contributed by atoms with van der Waals surface area (Å²) in [6, 6.07) is 17.5. The number of H-pyrrole nitrogens is 2. The molecular weight excluding hydrogens is 621 g/mol. The first-order valence-corrected chi connectivity index (χ1v) is 16.3. The first-order valence-electron chi connectivity index (χ1n) is 14.4. The Labute approximate surface area is 267 Å². The number of nitrogens with one attached hydrogen (secondary N) is 4. The van der Waals surface area contributed by atoms with E-state index in [4.69, 9.17) is 4.98 Å². The molecule has 47 heavy (non-hydrogen) atoms. The van der Waals surface area contributed by atoms with E-state index in [9.17, 15) is 17.6 Å². The zero-order valence-electron chi connectivity index (χ0n) is 24.8. The van der Waals surface area contributed by atoms with E-state index in [-0.39, 0.29) is 18.9 Å². The third-order valence-corrected chi connectivity index (χ3v) is 8.07. The van der Waals surface area contributed by atoms with E-state index < -0.39 is 15.8 Å². The number of halogens is 1. The fourth-order valence-electron chi connectivity index (χ4n) is 5.27. The molecule has 1 amide bonds. The summed E-state index contributed by atoms with van der Waals surface area (Å²) < 4.78 is 40.2. The minimum atomic E-state index is -3.46. The molecule has 0 saturated heterocycles. The smallest absolute Gasteiger partial charge is 0.228 e. The largest absolute Gasteiger partial charge is 0.335 e. The topological polar surface area (TPSA) is 171 Å². The van der Waals surface area contributed by atoms with Crippen molar-refractivity contribution in [3.8, 4) is 33.9 Å². The van der Waals surface area contributed by atoms with E-state index in [1.807, 2.05) is 42.5 Å². The van der Waals surface area contributed by atoms with Gasteiger partial charge < -0.3 is 10.3 Å². The molecule has 0 aliphatic rings. The molecule has 4 N–H and O–H groups in total. The Kier molecular flexibility index (Phi) is 7.71. The van der Waals surface area contributed by atoms with E-state index >= 15 is 0 Å². The number of aromatic amines is 2. The normalized spacial score (nSPS) is 11.7. The first-order chi connectivity index (χ1) is 22.7. The Balaban J connectivity index is 1.20. The van der Waals surface area contributed by atoms with E-state index in [0.717, 1.165) is 17.2 Å². The summed E-state index contributed by atoms with van der Waals surface area (Å²) in [5, 5.41) is 11.1. The molecule has 234 valence electrons. The standard InChI is InChI=1S/C33H26FN9O3S/c1-47(45,46)38-13-20-7-21(10-23(34)8-20)26-16-36-17-29-31(26)41-33(40-29)32-25-12-27(37-18-28(25)42-43-32)22-11-24(15-35-14-22)39-30(44)9-19-5-3-2-4-6-19/h2-8,10-12,14-18,38H,9,13H2,1H3,(H,39,44)(H,40,41)(H,42,43). The SMILES string of the molecule is CS(=O)(=O)NCc1cc(F)cc(-c2cncc3[nH]c(-c4n[nH]c5cnc(-c6cncc(NC(=O)Cc7ccccc7)c6)cc45)nc23)c1. The van der Waals surface area contributed by atoms with Crippen molar-refractivity contribution in [1.29, 1.82) is 0 Å². The predicted molar refractivity (Wildman–Crippen MR) is 176 cm³/mol. The van der Waals surface area contributed by atoms with Gasteiger partial charge in [0, 0.05) is 35.5 Å². The highest BCUT2D eigenvalue weighted by Gasteiger charge is 2.18. The molecule has 7 rings (SSSR count). The quantitative estimate of drug-likeness (QED) is 0.170. The maximum atomic E-state index is 14.6. The number of amides is 1. The maximum absolute atomic E-state index is 14.6. The highest BCUT2D eigenvalue weighted by Crippen LogP contribution is 2.33. The van der Waals surface area contributed by atoms with Gasteiger partial charge in [-0.05, 0) is 47.0 Å². The maximum Gasteiger partial charge on any atom is 0.228 e. The average Bonchev–Trinajstić information content (AvgIpc) is 3.68. The molecule has 5 aromatic heterocycles. The first kappa shape index (κ1) is 29.8. The Morgan fingerprint density at radius 1 is 0.894 bits per heavy atom. The number of sulfonamides is 1. The number of hydrogen-bond donors (Lipinski definition) is 4. The second-order valence-corrected chi connectivity index (χ2v) is 12.8. The molecule has 0 bridgehead atoms. The van der Waals surface area contributed by atoms with Gasteiger partial charge in [0.05, 0.1) is 59.2 Å². The monoisotopic (exact) mass is 647 g/mol. The van der Waals surface area contributed by atoms with Gasteiger partial charge in [-0.2, -0.15) is 5.10 Å². The van der Waals surface area contributed by atoms with Gasteiger partial charge in [-0.1, -0.05) is 30.3 Å². The van der Waals surface area contributed by atoms with Gasteiger partial charge in [0.15, 0.2) is 5.82 Å². The number of nitrogens with zero attached hydrogens (tertiary/aromatic N) is 5. The van der Waals surface area contributed by atoms with Crippen LogP contribution in [0.2, 0.25) is 0 Å². The lowest BCUT2D eigenvalue weighted by atomic mass is 10.0. The van der Waals surface area contributed by atoms with Crippen LogP contribution in [-0.4, -0.2) is 55.7 Å². The van der Waals surface area contributed by atoms with Crippen molar-refractivity contribution >= 4 is 43.6 Å². The van der Waals surface area contributed by atoms with Crippen molar-refractivity contribution in [3.63, 3.8) is 0 Å². The molecule has 2 aromatic carbocycles. The Hall–Kier alpha value is -5.86. The zero-order valence-corrected chi connectivity index (χ0v) is 25.6. The van der Waals surface area contributed by atoms with Gasteiger partial charge in [0.25, 0.3) is 0 Å². The number of pyridine rings is 3. The molecule has 14 heteroatoms. The van der Waals surface area contributed by atoms with Crippen LogP contribution in [0.1, 0.15) is 11.1 Å². The van der Waals surface area contributed by atoms with Crippen LogP contribution in [-0.2, 0) is 27.8 Å². The minimum Gasteiger partial charge on any atom is -0.335 e.